The average Bonchev–Trinajstić information content (AvgIpc) is 2.81. The van der Waals surface area contributed by atoms with Crippen LogP contribution in [0.2, 0.25) is 0 Å². The number of rotatable bonds is 9. The minimum atomic E-state index is -3.84. The van der Waals surface area contributed by atoms with Crippen LogP contribution in [0.4, 0.5) is 0 Å². The van der Waals surface area contributed by atoms with Crippen LogP contribution in [0.3, 0.4) is 0 Å². The third-order valence-electron chi connectivity index (χ3n) is 4.22. The van der Waals surface area contributed by atoms with E-state index in [1.54, 1.807) is 36.4 Å². The van der Waals surface area contributed by atoms with Gasteiger partial charge in [0.15, 0.2) is 0 Å². The molecule has 32 heavy (non-hydrogen) atoms. The minimum Gasteiger partial charge on any atom is -0.359 e. The van der Waals surface area contributed by atoms with Gasteiger partial charge in [-0.25, -0.2) is 16.8 Å². The van der Waals surface area contributed by atoms with Crippen LogP contribution in [0.1, 0.15) is 25.7 Å². The van der Waals surface area contributed by atoms with Gasteiger partial charge in [-0.05, 0) is 60.6 Å². The normalized spacial score (nSPS) is 11.4. The summed E-state index contributed by atoms with van der Waals surface area (Å²) in [5.41, 5.74) is 18.2. The molecule has 0 saturated heterocycles. The van der Waals surface area contributed by atoms with Crippen molar-refractivity contribution in [2.45, 2.75) is 35.5 Å². The molecule has 0 aliphatic heterocycles. The molecule has 0 radical (unpaired) electrons. The smallest absolute Gasteiger partial charge is 0.359 e. The fraction of sp³-hybridized carbons (Fsp3) is 0.300. The predicted molar refractivity (Wildman–Crippen MR) is 128 cm³/mol. The summed E-state index contributed by atoms with van der Waals surface area (Å²) in [6.07, 6.45) is 2.97. The van der Waals surface area contributed by atoms with Gasteiger partial charge >= 0.3 is 8.75 Å². The number of hydrogen-bond acceptors (Lipinski definition) is 6. The Balaban J connectivity index is 1.72. The van der Waals surface area contributed by atoms with E-state index in [4.69, 9.17) is 11.1 Å². The molecule has 0 N–H and O–H groups in total. The largest absolute Gasteiger partial charge is 0.444 e. The van der Waals surface area contributed by atoms with Crippen molar-refractivity contribution < 1.29 is 26.4 Å². The number of sulfone groups is 2. The van der Waals surface area contributed by atoms with Gasteiger partial charge in [0, 0.05) is 11.5 Å². The molecule has 2 aromatic carbocycles. The zero-order valence-electron chi connectivity index (χ0n) is 17.1. The molecule has 0 atom stereocenters. The van der Waals surface area contributed by atoms with Gasteiger partial charge in [0.25, 0.3) is 19.7 Å². The maximum Gasteiger partial charge on any atom is 0.444 e. The summed E-state index contributed by atoms with van der Waals surface area (Å²) in [6.45, 7) is 0. The van der Waals surface area contributed by atoms with Crippen LogP contribution in [0.25, 0.3) is 11.1 Å². The van der Waals surface area contributed by atoms with Gasteiger partial charge in [-0.3, -0.25) is 0 Å². The minimum absolute atomic E-state index is 0.0733. The second-order valence-corrected chi connectivity index (χ2v) is 12.9. The number of thioether (sulfide) groups is 2. The van der Waals surface area contributed by atoms with Crippen molar-refractivity contribution in [1.82, 2.24) is 0 Å². The van der Waals surface area contributed by atoms with Gasteiger partial charge in [0.2, 0.25) is 0 Å². The second kappa shape index (κ2) is 12.7. The molecule has 0 unspecified atom stereocenters. The van der Waals surface area contributed by atoms with Gasteiger partial charge in [-0.15, -0.1) is 9.58 Å². The Morgan fingerprint density at radius 2 is 0.969 bits per heavy atom. The number of nitrogens with zero attached hydrogens (tertiary/aromatic N) is 4. The van der Waals surface area contributed by atoms with Crippen molar-refractivity contribution in [2.24, 2.45) is 0 Å². The van der Waals surface area contributed by atoms with Crippen molar-refractivity contribution in [1.29, 1.82) is 0 Å². The molecule has 0 saturated carbocycles. The maximum atomic E-state index is 12.4. The Morgan fingerprint density at radius 3 is 1.28 bits per heavy atom. The molecule has 0 aromatic heterocycles. The second-order valence-electron chi connectivity index (χ2n) is 6.48. The highest BCUT2D eigenvalue weighted by Gasteiger charge is 2.31. The molecule has 0 fully saturated rings. The lowest BCUT2D eigenvalue weighted by molar-refractivity contribution is 0.00429. The van der Waals surface area contributed by atoms with Crippen molar-refractivity contribution >= 4 is 51.9 Å². The van der Waals surface area contributed by atoms with Gasteiger partial charge in [0.05, 0.1) is 9.79 Å². The van der Waals surface area contributed by atoms with E-state index >= 15 is 0 Å². The van der Waals surface area contributed by atoms with E-state index in [0.29, 0.717) is 24.3 Å². The first-order chi connectivity index (χ1) is 15.3. The molecule has 0 amide bonds. The molecule has 0 spiro atoms. The lowest BCUT2D eigenvalue weighted by Gasteiger charge is -2.02. The Labute approximate surface area is 196 Å². The molecular formula is C20H22N4O4S4. The molecule has 2 aromatic rings. The van der Waals surface area contributed by atoms with Crippen LogP contribution in [0.15, 0.2) is 70.5 Å². The van der Waals surface area contributed by atoms with Crippen LogP contribution in [-0.4, -0.2) is 46.7 Å². The fourth-order valence-corrected chi connectivity index (χ4v) is 7.73. The van der Waals surface area contributed by atoms with Crippen LogP contribution in [-0.2, 0) is 19.7 Å². The molecular weight excluding hydrogens is 489 g/mol. The van der Waals surface area contributed by atoms with E-state index < -0.39 is 19.7 Å². The average molecular weight is 511 g/mol. The van der Waals surface area contributed by atoms with Gasteiger partial charge in [-0.1, -0.05) is 49.2 Å². The van der Waals surface area contributed by atoms with E-state index in [1.165, 1.54) is 24.3 Å². The molecule has 0 aliphatic rings. The van der Waals surface area contributed by atoms with Crippen molar-refractivity contribution in [3.63, 3.8) is 0 Å². The topological polar surface area (TPSA) is 141 Å². The molecule has 2 rings (SSSR count). The number of hydrogen-bond donors (Lipinski definition) is 0. The molecule has 170 valence electrons. The lowest BCUT2D eigenvalue weighted by atomic mass is 10.2. The van der Waals surface area contributed by atoms with Crippen LogP contribution < -0.4 is 0 Å². The summed E-state index contributed by atoms with van der Waals surface area (Å²) in [4.78, 5) is 6.06. The number of benzene rings is 2. The van der Waals surface area contributed by atoms with E-state index in [9.17, 15) is 16.8 Å². The zero-order valence-corrected chi connectivity index (χ0v) is 20.3. The first-order valence-electron chi connectivity index (χ1n) is 9.64. The van der Waals surface area contributed by atoms with Crippen molar-refractivity contribution in [3.05, 3.63) is 71.7 Å². The number of unbranched alkanes of at least 4 members (excludes halogenated alkanes) is 3. The fourth-order valence-electron chi connectivity index (χ4n) is 2.60. The van der Waals surface area contributed by atoms with E-state index in [1.807, 2.05) is 0 Å². The van der Waals surface area contributed by atoms with E-state index in [-0.39, 0.29) is 18.5 Å². The zero-order chi connectivity index (χ0) is 23.5. The van der Waals surface area contributed by atoms with Crippen LogP contribution in [0.5, 0.6) is 0 Å². The summed E-state index contributed by atoms with van der Waals surface area (Å²) in [7, 11) is -7.67. The molecule has 0 heterocycles. The summed E-state index contributed by atoms with van der Waals surface area (Å²) in [5, 5.41) is 0. The third kappa shape index (κ3) is 7.16. The van der Waals surface area contributed by atoms with Crippen molar-refractivity contribution in [2.75, 3.05) is 11.5 Å². The molecule has 8 nitrogen and oxygen atoms in total. The summed E-state index contributed by atoms with van der Waals surface area (Å²) < 4.78 is 49.1. The van der Waals surface area contributed by atoms with Gasteiger partial charge in [0.1, 0.15) is 0 Å². The SMILES string of the molecule is [N-]=[N+]=C(SCCCCCCSC(=[N+]=[N-])S(=O)(=O)c1ccccc1)S(=O)(=O)c1ccccc1. The highest BCUT2D eigenvalue weighted by molar-refractivity contribution is 8.35. The Hall–Kier alpha value is -2.20. The van der Waals surface area contributed by atoms with Crippen molar-refractivity contribution in [3.8, 4) is 0 Å². The van der Waals surface area contributed by atoms with Crippen LogP contribution >= 0.6 is 23.5 Å². The predicted octanol–water partition coefficient (Wildman–Crippen LogP) is 4.13. The van der Waals surface area contributed by atoms with Gasteiger partial charge in [-0.2, -0.15) is 0 Å². The summed E-state index contributed by atoms with van der Waals surface area (Å²) in [6, 6.07) is 15.6. The van der Waals surface area contributed by atoms with Crippen LogP contribution in [0, 0.1) is 0 Å². The molecule has 0 aliphatic carbocycles. The Bertz CT molecular complexity index is 1110. The standard InChI is InChI=1S/C20H22N4O4S4/c21-23-19(31(25,26)17-11-5-3-6-12-17)29-15-9-1-2-10-16-30-20(24-22)32(27,28)18-13-7-4-8-14-18/h3-8,11-14H,1-2,9-10,15-16H2. The Kier molecular flexibility index (Phi) is 10.4. The lowest BCUT2D eigenvalue weighted by Crippen LogP contribution is -2.13. The van der Waals surface area contributed by atoms with E-state index in [0.717, 1.165) is 36.4 Å². The first kappa shape index (κ1) is 26.1. The third-order valence-corrected chi connectivity index (χ3v) is 10.8. The quantitative estimate of drug-likeness (QED) is 0.163. The Morgan fingerprint density at radius 1 is 0.625 bits per heavy atom. The monoisotopic (exact) mass is 510 g/mol. The highest BCUT2D eigenvalue weighted by Crippen LogP contribution is 2.21. The first-order valence-corrected chi connectivity index (χ1v) is 14.6. The molecule has 12 heteroatoms. The maximum absolute atomic E-state index is 12.4. The summed E-state index contributed by atoms with van der Waals surface area (Å²) in [5.74, 6) is 0.925. The highest BCUT2D eigenvalue weighted by atomic mass is 32.3. The summed E-state index contributed by atoms with van der Waals surface area (Å²) >= 11 is 1.94. The molecule has 0 bridgehead atoms. The van der Waals surface area contributed by atoms with E-state index in [2.05, 4.69) is 9.58 Å². The van der Waals surface area contributed by atoms with Gasteiger partial charge < -0.3 is 11.1 Å².